The fourth-order valence-electron chi connectivity index (χ4n) is 3.53. The molecule has 4 heterocycles. The first-order valence-electron chi connectivity index (χ1n) is 9.65. The van der Waals surface area contributed by atoms with Gasteiger partial charge in [0.1, 0.15) is 22.7 Å². The van der Waals surface area contributed by atoms with Crippen LogP contribution < -0.4 is 5.32 Å². The summed E-state index contributed by atoms with van der Waals surface area (Å²) < 4.78 is 20.3. The van der Waals surface area contributed by atoms with E-state index in [-0.39, 0.29) is 24.2 Å². The Morgan fingerprint density at radius 1 is 1.35 bits per heavy atom. The van der Waals surface area contributed by atoms with Crippen LogP contribution in [0.4, 0.5) is 4.39 Å². The quantitative estimate of drug-likeness (QED) is 0.406. The average molecular weight is 419 g/mol. The molecular weight excluding hydrogens is 401 g/mol. The molecule has 1 unspecified atom stereocenters. The third-order valence-electron chi connectivity index (χ3n) is 5.19. The van der Waals surface area contributed by atoms with Gasteiger partial charge in [0.25, 0.3) is 0 Å². The van der Waals surface area contributed by atoms with Crippen LogP contribution in [-0.2, 0) is 7.05 Å². The number of nitrogens with one attached hydrogen (secondary N) is 2. The number of fused-ring (bicyclic) bond motifs is 2. The molecule has 0 aliphatic carbocycles. The molecule has 0 radical (unpaired) electrons. The van der Waals surface area contributed by atoms with Crippen molar-refractivity contribution in [2.45, 2.75) is 13.0 Å². The van der Waals surface area contributed by atoms with Crippen molar-refractivity contribution in [3.05, 3.63) is 60.0 Å². The summed E-state index contributed by atoms with van der Waals surface area (Å²) in [4.78, 5) is 24.9. The van der Waals surface area contributed by atoms with E-state index in [1.807, 2.05) is 6.92 Å². The topological polar surface area (TPSA) is 115 Å². The summed E-state index contributed by atoms with van der Waals surface area (Å²) in [6, 6.07) is 6.04. The van der Waals surface area contributed by atoms with Crippen LogP contribution in [0.1, 0.15) is 29.1 Å². The Bertz CT molecular complexity index is 1400. The van der Waals surface area contributed by atoms with Crippen molar-refractivity contribution < 1.29 is 13.7 Å². The van der Waals surface area contributed by atoms with Crippen LogP contribution in [-0.4, -0.2) is 42.2 Å². The summed E-state index contributed by atoms with van der Waals surface area (Å²) in [5.74, 6) is 0.165. The highest BCUT2D eigenvalue weighted by Crippen LogP contribution is 2.28. The Hall–Kier alpha value is -3.92. The summed E-state index contributed by atoms with van der Waals surface area (Å²) in [7, 11) is 1.74. The number of rotatable bonds is 6. The van der Waals surface area contributed by atoms with Gasteiger partial charge in [-0.1, -0.05) is 5.16 Å². The summed E-state index contributed by atoms with van der Waals surface area (Å²) >= 11 is 0. The summed E-state index contributed by atoms with van der Waals surface area (Å²) in [6.45, 7) is 1.97. The minimum atomic E-state index is -0.339. The van der Waals surface area contributed by atoms with Crippen LogP contribution in [0.25, 0.3) is 33.5 Å². The number of benzene rings is 1. The predicted octanol–water partition coefficient (Wildman–Crippen LogP) is 3.17. The number of hydrogen-bond donors (Lipinski definition) is 2. The first-order chi connectivity index (χ1) is 15.0. The smallest absolute Gasteiger partial charge is 0.180 e. The van der Waals surface area contributed by atoms with Gasteiger partial charge in [-0.15, -0.1) is 0 Å². The maximum atomic E-state index is 13.6. The van der Waals surface area contributed by atoms with E-state index in [4.69, 9.17) is 4.52 Å². The third-order valence-corrected chi connectivity index (χ3v) is 5.19. The van der Waals surface area contributed by atoms with Gasteiger partial charge in [-0.2, -0.15) is 5.10 Å². The molecule has 5 rings (SSSR count). The number of aromatic nitrogens is 6. The maximum Gasteiger partial charge on any atom is 0.180 e. The lowest BCUT2D eigenvalue weighted by Gasteiger charge is -2.09. The van der Waals surface area contributed by atoms with Gasteiger partial charge in [-0.05, 0) is 25.1 Å². The zero-order valence-corrected chi connectivity index (χ0v) is 16.8. The van der Waals surface area contributed by atoms with E-state index < -0.39 is 0 Å². The minimum Gasteiger partial charge on any atom is -0.360 e. The number of ketones is 1. The molecule has 0 amide bonds. The second kappa shape index (κ2) is 7.40. The second-order valence-electron chi connectivity index (χ2n) is 7.23. The molecule has 0 aliphatic heterocycles. The Balaban J connectivity index is 1.47. The van der Waals surface area contributed by atoms with Gasteiger partial charge in [0.2, 0.25) is 0 Å². The molecule has 1 aromatic carbocycles. The Labute approximate surface area is 175 Å². The molecule has 9 nitrogen and oxygen atoms in total. The van der Waals surface area contributed by atoms with Gasteiger partial charge in [0.15, 0.2) is 17.2 Å². The van der Waals surface area contributed by atoms with Crippen molar-refractivity contribution >= 4 is 27.9 Å². The van der Waals surface area contributed by atoms with Crippen LogP contribution in [0.3, 0.4) is 0 Å². The fraction of sp³-hybridized carbons (Fsp3) is 0.190. The highest BCUT2D eigenvalue weighted by molar-refractivity contribution is 6.07. The number of hydrogen-bond acceptors (Lipinski definition) is 7. The van der Waals surface area contributed by atoms with Crippen LogP contribution in [0, 0.1) is 5.82 Å². The Morgan fingerprint density at radius 2 is 2.23 bits per heavy atom. The van der Waals surface area contributed by atoms with E-state index in [1.165, 1.54) is 12.1 Å². The van der Waals surface area contributed by atoms with Crippen molar-refractivity contribution in [3.63, 3.8) is 0 Å². The second-order valence-corrected chi connectivity index (χ2v) is 7.23. The lowest BCUT2D eigenvalue weighted by atomic mass is 10.1. The van der Waals surface area contributed by atoms with Crippen LogP contribution in [0.5, 0.6) is 0 Å². The van der Waals surface area contributed by atoms with Crippen LogP contribution >= 0.6 is 0 Å². The molecule has 0 fully saturated rings. The van der Waals surface area contributed by atoms with Crippen molar-refractivity contribution in [2.24, 2.45) is 7.05 Å². The minimum absolute atomic E-state index is 0.0898. The first-order valence-corrected chi connectivity index (χ1v) is 9.65. The monoisotopic (exact) mass is 419 g/mol. The molecular formula is C21H18FN7O2. The number of aryl methyl sites for hydroxylation is 1. The molecule has 0 saturated heterocycles. The zero-order chi connectivity index (χ0) is 21.5. The molecule has 0 bridgehead atoms. The molecule has 2 N–H and O–H groups in total. The number of Topliss-reactive ketones (excluding diaryl/α,β-unsaturated/α-hetero) is 1. The number of carbonyl (C=O) groups is 1. The van der Waals surface area contributed by atoms with E-state index in [0.717, 1.165) is 5.39 Å². The van der Waals surface area contributed by atoms with Gasteiger partial charge in [0, 0.05) is 24.7 Å². The normalized spacial score (nSPS) is 12.6. The van der Waals surface area contributed by atoms with Crippen LogP contribution in [0.2, 0.25) is 0 Å². The Kier molecular flexibility index (Phi) is 4.55. The first kappa shape index (κ1) is 19.1. The van der Waals surface area contributed by atoms with Crippen molar-refractivity contribution in [2.75, 3.05) is 6.54 Å². The fourth-order valence-corrected chi connectivity index (χ4v) is 3.53. The van der Waals surface area contributed by atoms with Crippen LogP contribution in [0.15, 0.2) is 47.4 Å². The number of aromatic amines is 1. The van der Waals surface area contributed by atoms with Gasteiger partial charge in [-0.25, -0.2) is 14.4 Å². The predicted molar refractivity (Wildman–Crippen MR) is 111 cm³/mol. The average Bonchev–Trinajstić information content (AvgIpc) is 3.51. The van der Waals surface area contributed by atoms with E-state index >= 15 is 0 Å². The Morgan fingerprint density at radius 3 is 3.03 bits per heavy atom. The van der Waals surface area contributed by atoms with Crippen molar-refractivity contribution in [3.8, 4) is 11.4 Å². The van der Waals surface area contributed by atoms with E-state index in [1.54, 1.807) is 42.5 Å². The van der Waals surface area contributed by atoms with E-state index in [0.29, 0.717) is 39.4 Å². The standard InChI is InChI=1S/C21H18FN7O2/c1-11(18-5-6-26-31-18)23-10-17(30)14-8-24-21-20(14)27-15(9-25-21)19-13-4-3-12(22)7-16(13)29(2)28-19/h3-9,11,23H,10H2,1-2H3,(H,24,25). The maximum absolute atomic E-state index is 13.6. The van der Waals surface area contributed by atoms with E-state index in [9.17, 15) is 9.18 Å². The number of halogens is 1. The number of nitrogens with zero attached hydrogens (tertiary/aromatic N) is 5. The molecule has 10 heteroatoms. The number of H-pyrrole nitrogens is 1. The van der Waals surface area contributed by atoms with Gasteiger partial charge in [-0.3, -0.25) is 9.48 Å². The SMILES string of the molecule is CC(NCC(=O)c1c[nH]c2ncc(-c3nn(C)c4cc(F)ccc34)nc12)c1ccno1. The molecule has 0 aliphatic rings. The summed E-state index contributed by atoms with van der Waals surface area (Å²) in [5.41, 5.74) is 3.10. The molecule has 0 spiro atoms. The largest absolute Gasteiger partial charge is 0.360 e. The van der Waals surface area contributed by atoms with E-state index in [2.05, 4.69) is 30.5 Å². The zero-order valence-electron chi connectivity index (χ0n) is 16.8. The lowest BCUT2D eigenvalue weighted by molar-refractivity contribution is 0.0988. The molecule has 5 aromatic rings. The lowest BCUT2D eigenvalue weighted by Crippen LogP contribution is -2.25. The highest BCUT2D eigenvalue weighted by Gasteiger charge is 2.19. The number of carbonyl (C=O) groups excluding carboxylic acids is 1. The molecule has 1 atom stereocenters. The molecule has 0 saturated carbocycles. The van der Waals surface area contributed by atoms with Crippen molar-refractivity contribution in [1.29, 1.82) is 0 Å². The van der Waals surface area contributed by atoms with Gasteiger partial charge in [0.05, 0.1) is 36.1 Å². The summed E-state index contributed by atoms with van der Waals surface area (Å²) in [6.07, 6.45) is 4.74. The molecule has 156 valence electrons. The third kappa shape index (κ3) is 3.36. The summed E-state index contributed by atoms with van der Waals surface area (Å²) in [5, 5.41) is 12.0. The van der Waals surface area contributed by atoms with Crippen molar-refractivity contribution in [1.82, 2.24) is 35.2 Å². The molecule has 31 heavy (non-hydrogen) atoms. The van der Waals surface area contributed by atoms with Gasteiger partial charge < -0.3 is 14.8 Å². The van der Waals surface area contributed by atoms with Gasteiger partial charge >= 0.3 is 0 Å². The molecule has 4 aromatic heterocycles. The highest BCUT2D eigenvalue weighted by atomic mass is 19.1.